The Morgan fingerprint density at radius 3 is 2.67 bits per heavy atom. The van der Waals surface area contributed by atoms with Crippen molar-refractivity contribution >= 4 is 23.2 Å². The molecule has 186 valence electrons. The van der Waals surface area contributed by atoms with Crippen LogP contribution in [0, 0.1) is 29.1 Å². The molecule has 3 aliphatic carbocycles. The van der Waals surface area contributed by atoms with Crippen LogP contribution in [0.4, 0.5) is 0 Å². The summed E-state index contributed by atoms with van der Waals surface area (Å²) in [7, 11) is 0. The highest BCUT2D eigenvalue weighted by atomic mass is 35.5. The average Bonchev–Trinajstić information content (AvgIpc) is 3.62. The Kier molecular flexibility index (Phi) is 6.08. The molecule has 3 fully saturated rings. The number of benzene rings is 1. The predicted molar refractivity (Wildman–Crippen MR) is 135 cm³/mol. The molecule has 2 bridgehead atoms. The topological polar surface area (TPSA) is 92.2 Å². The Morgan fingerprint density at radius 2 is 1.97 bits per heavy atom. The van der Waals surface area contributed by atoms with Crippen LogP contribution in [0.15, 0.2) is 41.1 Å². The lowest BCUT2D eigenvalue weighted by Gasteiger charge is -2.42. The normalized spacial score (nSPS) is 29.3. The number of fused-ring (bicyclic) bond motifs is 2. The molecule has 1 aromatic carbocycles. The van der Waals surface area contributed by atoms with Gasteiger partial charge in [-0.3, -0.25) is 4.98 Å². The SMILES string of the molecule is C[C@H]1C[C@@H]2C[C@@H](OCc3c(-c4c(Cl)cccc4Cl)noc3C3CC3)C[C@H]1[C@]2(O)c1cc(C#N)ccn1. The Labute approximate surface area is 220 Å². The van der Waals surface area contributed by atoms with E-state index in [4.69, 9.17) is 32.5 Å². The van der Waals surface area contributed by atoms with Gasteiger partial charge in [0.2, 0.25) is 0 Å². The smallest absolute Gasteiger partial charge is 0.145 e. The maximum atomic E-state index is 11.9. The zero-order valence-electron chi connectivity index (χ0n) is 20.0. The number of rotatable bonds is 6. The first kappa shape index (κ1) is 23.9. The first-order valence-corrected chi connectivity index (χ1v) is 13.3. The number of pyridine rings is 1. The third kappa shape index (κ3) is 3.94. The summed E-state index contributed by atoms with van der Waals surface area (Å²) in [5.41, 5.74) is 2.31. The lowest BCUT2D eigenvalue weighted by atomic mass is 9.70. The van der Waals surface area contributed by atoms with Crippen molar-refractivity contribution in [2.24, 2.45) is 17.8 Å². The summed E-state index contributed by atoms with van der Waals surface area (Å²) >= 11 is 13.0. The zero-order chi connectivity index (χ0) is 25.0. The van der Waals surface area contributed by atoms with E-state index in [-0.39, 0.29) is 17.9 Å². The van der Waals surface area contributed by atoms with Crippen molar-refractivity contribution in [2.75, 3.05) is 0 Å². The summed E-state index contributed by atoms with van der Waals surface area (Å²) in [4.78, 5) is 4.48. The molecule has 3 aliphatic rings. The molecule has 0 radical (unpaired) electrons. The Hall–Kier alpha value is -2.43. The molecule has 6 rings (SSSR count). The first-order chi connectivity index (χ1) is 17.4. The van der Waals surface area contributed by atoms with Crippen LogP contribution < -0.4 is 0 Å². The molecule has 5 atom stereocenters. The van der Waals surface area contributed by atoms with Crippen LogP contribution in [0.5, 0.6) is 0 Å². The van der Waals surface area contributed by atoms with Crippen molar-refractivity contribution in [2.45, 2.75) is 63.3 Å². The molecule has 3 saturated carbocycles. The van der Waals surface area contributed by atoms with E-state index in [1.54, 1.807) is 30.5 Å². The summed E-state index contributed by atoms with van der Waals surface area (Å²) in [5.74, 6) is 1.57. The third-order valence-electron chi connectivity index (χ3n) is 8.32. The van der Waals surface area contributed by atoms with Gasteiger partial charge in [0.25, 0.3) is 0 Å². The number of hydrogen-bond donors (Lipinski definition) is 1. The fourth-order valence-electron chi connectivity index (χ4n) is 6.42. The summed E-state index contributed by atoms with van der Waals surface area (Å²) in [6, 6.07) is 11.0. The number of nitriles is 1. The Morgan fingerprint density at radius 1 is 1.19 bits per heavy atom. The van der Waals surface area contributed by atoms with E-state index in [9.17, 15) is 10.4 Å². The lowest BCUT2D eigenvalue weighted by Crippen LogP contribution is -2.45. The van der Waals surface area contributed by atoms with E-state index >= 15 is 0 Å². The van der Waals surface area contributed by atoms with Crippen molar-refractivity contribution in [3.63, 3.8) is 0 Å². The van der Waals surface area contributed by atoms with Gasteiger partial charge in [-0.2, -0.15) is 5.26 Å². The molecule has 0 amide bonds. The molecule has 6 nitrogen and oxygen atoms in total. The van der Waals surface area contributed by atoms with Crippen molar-refractivity contribution in [3.8, 4) is 17.3 Å². The predicted octanol–water partition coefficient (Wildman–Crippen LogP) is 6.63. The molecule has 8 heteroatoms. The fraction of sp³-hybridized carbons (Fsp3) is 0.464. The minimum Gasteiger partial charge on any atom is -0.383 e. The molecule has 0 unspecified atom stereocenters. The highest BCUT2D eigenvalue weighted by Gasteiger charge is 2.58. The Balaban J connectivity index is 1.25. The minimum absolute atomic E-state index is 0.00514. The van der Waals surface area contributed by atoms with Gasteiger partial charge in [-0.05, 0) is 74.1 Å². The van der Waals surface area contributed by atoms with E-state index < -0.39 is 5.60 Å². The van der Waals surface area contributed by atoms with Crippen LogP contribution in [0.3, 0.4) is 0 Å². The quantitative estimate of drug-likeness (QED) is 0.389. The van der Waals surface area contributed by atoms with Gasteiger partial charge in [-0.1, -0.05) is 41.3 Å². The van der Waals surface area contributed by atoms with E-state index in [0.29, 0.717) is 51.0 Å². The summed E-state index contributed by atoms with van der Waals surface area (Å²) in [6.45, 7) is 2.54. The van der Waals surface area contributed by atoms with Crippen molar-refractivity contribution in [3.05, 3.63) is 69.2 Å². The molecule has 2 heterocycles. The molecule has 2 aromatic heterocycles. The molecule has 0 saturated heterocycles. The van der Waals surface area contributed by atoms with Gasteiger partial charge in [0.15, 0.2) is 0 Å². The first-order valence-electron chi connectivity index (χ1n) is 12.5. The second-order valence-corrected chi connectivity index (χ2v) is 11.3. The number of ether oxygens (including phenoxy) is 1. The highest BCUT2D eigenvalue weighted by molar-refractivity contribution is 6.39. The van der Waals surface area contributed by atoms with E-state index in [1.807, 2.05) is 6.07 Å². The van der Waals surface area contributed by atoms with Crippen molar-refractivity contribution in [1.82, 2.24) is 10.1 Å². The minimum atomic E-state index is -1.04. The van der Waals surface area contributed by atoms with Crippen molar-refractivity contribution in [1.29, 1.82) is 5.26 Å². The maximum absolute atomic E-state index is 11.9. The van der Waals surface area contributed by atoms with E-state index in [0.717, 1.165) is 43.4 Å². The van der Waals surface area contributed by atoms with Gasteiger partial charge in [0.1, 0.15) is 17.1 Å². The summed E-state index contributed by atoms with van der Waals surface area (Å²) < 4.78 is 12.3. The van der Waals surface area contributed by atoms with Gasteiger partial charge in [-0.15, -0.1) is 0 Å². The van der Waals surface area contributed by atoms with Gasteiger partial charge in [0.05, 0.1) is 40.1 Å². The van der Waals surface area contributed by atoms with Gasteiger partial charge in [-0.25, -0.2) is 0 Å². The molecule has 3 aromatic rings. The third-order valence-corrected chi connectivity index (χ3v) is 8.95. The van der Waals surface area contributed by atoms with Crippen LogP contribution in [0.25, 0.3) is 11.3 Å². The van der Waals surface area contributed by atoms with Crippen LogP contribution in [-0.2, 0) is 16.9 Å². The van der Waals surface area contributed by atoms with Crippen LogP contribution in [0.2, 0.25) is 10.0 Å². The maximum Gasteiger partial charge on any atom is 0.145 e. The number of aromatic nitrogens is 2. The number of hydrogen-bond acceptors (Lipinski definition) is 6. The van der Waals surface area contributed by atoms with E-state index in [1.165, 1.54) is 0 Å². The highest BCUT2D eigenvalue weighted by Crippen LogP contribution is 2.58. The molecular weight excluding hydrogens is 497 g/mol. The number of aliphatic hydroxyl groups is 1. The van der Waals surface area contributed by atoms with Crippen molar-refractivity contribution < 1.29 is 14.4 Å². The van der Waals surface area contributed by atoms with Gasteiger partial charge < -0.3 is 14.4 Å². The van der Waals surface area contributed by atoms with Gasteiger partial charge in [0, 0.05) is 23.2 Å². The summed E-state index contributed by atoms with van der Waals surface area (Å²) in [5, 5.41) is 26.7. The molecule has 36 heavy (non-hydrogen) atoms. The Bertz CT molecular complexity index is 1330. The number of nitrogens with zero attached hydrogens (tertiary/aromatic N) is 3. The summed E-state index contributed by atoms with van der Waals surface area (Å²) in [6.07, 6.45) is 6.10. The largest absolute Gasteiger partial charge is 0.383 e. The standard InChI is InChI=1S/C28H27Cl2N3O3/c1-15-9-18-11-19(12-21(15)28(18,34)24-10-16(13-31)7-8-32-24)35-14-20-26(33-36-27(20)17-5-6-17)25-22(29)3-2-4-23(25)30/h2-4,7-8,10,15,17-19,21,34H,5-6,9,11-12,14H2,1H3/t15-,18+,19+,21+,28-/m0/s1. The van der Waals surface area contributed by atoms with Crippen LogP contribution in [-0.4, -0.2) is 21.4 Å². The second-order valence-electron chi connectivity index (χ2n) is 10.5. The molecule has 0 spiro atoms. The lowest BCUT2D eigenvalue weighted by molar-refractivity contribution is -0.122. The second kappa shape index (κ2) is 9.15. The van der Waals surface area contributed by atoms with Gasteiger partial charge >= 0.3 is 0 Å². The van der Waals surface area contributed by atoms with E-state index in [2.05, 4.69) is 23.1 Å². The average molecular weight is 524 g/mol. The molecule has 0 aliphatic heterocycles. The fourth-order valence-corrected chi connectivity index (χ4v) is 6.99. The number of halogens is 2. The van der Waals surface area contributed by atoms with Crippen LogP contribution >= 0.6 is 23.2 Å². The van der Waals surface area contributed by atoms with Crippen LogP contribution in [0.1, 0.15) is 67.5 Å². The zero-order valence-corrected chi connectivity index (χ0v) is 21.5. The molecule has 1 N–H and O–H groups in total. The molecular formula is C28H27Cl2N3O3. The monoisotopic (exact) mass is 523 g/mol.